The van der Waals surface area contributed by atoms with Crippen LogP contribution in [0.2, 0.25) is 0 Å². The number of para-hydroxylation sites is 1. The standard InChI is InChI=1S/C28H32N4O7S/c1-29(2)40(37,38)20-9-6-8-19(18-20)24(33)23-25(34)26(35)32(13-7-12-31-14-16-39-17-15-31)28(23)21-10-4-5-11-22(21)30(3)27(28)36/h4-6,8-11,18,33H,7,12-17H2,1-3H3/b24-23+. The highest BCUT2D eigenvalue weighted by Crippen LogP contribution is 2.53. The smallest absolute Gasteiger partial charge is 0.296 e. The lowest BCUT2D eigenvalue weighted by molar-refractivity contribution is -0.143. The molecule has 5 rings (SSSR count). The number of anilines is 1. The molecule has 11 nitrogen and oxygen atoms in total. The van der Waals surface area contributed by atoms with Crippen molar-refractivity contribution in [2.75, 3.05) is 65.4 Å². The molecule has 0 saturated carbocycles. The van der Waals surface area contributed by atoms with E-state index in [0.29, 0.717) is 37.4 Å². The van der Waals surface area contributed by atoms with Crippen molar-refractivity contribution in [1.29, 1.82) is 0 Å². The van der Waals surface area contributed by atoms with Crippen molar-refractivity contribution < 1.29 is 32.6 Å². The first-order valence-corrected chi connectivity index (χ1v) is 14.5. The summed E-state index contributed by atoms with van der Waals surface area (Å²) in [5.41, 5.74) is -1.32. The van der Waals surface area contributed by atoms with Crippen molar-refractivity contribution in [1.82, 2.24) is 14.1 Å². The van der Waals surface area contributed by atoms with Gasteiger partial charge < -0.3 is 19.6 Å². The Morgan fingerprint density at radius 2 is 1.73 bits per heavy atom. The first-order valence-electron chi connectivity index (χ1n) is 13.0. The van der Waals surface area contributed by atoms with Crippen molar-refractivity contribution in [2.45, 2.75) is 16.9 Å². The number of rotatable bonds is 7. The molecule has 1 N–H and O–H groups in total. The number of ketones is 1. The van der Waals surface area contributed by atoms with Gasteiger partial charge in [-0.25, -0.2) is 12.7 Å². The van der Waals surface area contributed by atoms with Gasteiger partial charge in [-0.3, -0.25) is 19.3 Å². The van der Waals surface area contributed by atoms with E-state index in [1.54, 1.807) is 31.3 Å². The topological polar surface area (TPSA) is 128 Å². The van der Waals surface area contributed by atoms with E-state index in [9.17, 15) is 27.9 Å². The fourth-order valence-corrected chi connectivity index (χ4v) is 6.66. The van der Waals surface area contributed by atoms with E-state index in [0.717, 1.165) is 17.4 Å². The number of carbonyl (C=O) groups is 3. The quantitative estimate of drug-likeness (QED) is 0.300. The van der Waals surface area contributed by atoms with E-state index in [1.165, 1.54) is 48.2 Å². The Bertz CT molecular complexity index is 1510. The van der Waals surface area contributed by atoms with Crippen molar-refractivity contribution in [2.24, 2.45) is 0 Å². The molecular formula is C28H32N4O7S. The molecule has 0 aromatic heterocycles. The predicted molar refractivity (Wildman–Crippen MR) is 147 cm³/mol. The number of ether oxygens (including phenoxy) is 1. The molecule has 0 bridgehead atoms. The molecule has 0 aliphatic carbocycles. The minimum absolute atomic E-state index is 0.00782. The Balaban J connectivity index is 1.66. The van der Waals surface area contributed by atoms with Crippen molar-refractivity contribution in [3.05, 3.63) is 65.2 Å². The average molecular weight is 569 g/mol. The van der Waals surface area contributed by atoms with Crippen LogP contribution in [0.1, 0.15) is 17.5 Å². The van der Waals surface area contributed by atoms with Crippen LogP contribution in [0, 0.1) is 0 Å². The van der Waals surface area contributed by atoms with E-state index in [2.05, 4.69) is 4.90 Å². The summed E-state index contributed by atoms with van der Waals surface area (Å²) in [6.07, 6.45) is 0.491. The van der Waals surface area contributed by atoms with Crippen LogP contribution in [0.25, 0.3) is 5.76 Å². The number of hydrogen-bond donors (Lipinski definition) is 1. The zero-order valence-electron chi connectivity index (χ0n) is 22.7. The van der Waals surface area contributed by atoms with Gasteiger partial charge in [-0.2, -0.15) is 0 Å². The maximum atomic E-state index is 14.1. The summed E-state index contributed by atoms with van der Waals surface area (Å²) in [5, 5.41) is 11.6. The first kappa shape index (κ1) is 28.0. The number of Topliss-reactive ketones (excluding diaryl/α,β-unsaturated/α-hetero) is 1. The van der Waals surface area contributed by atoms with Gasteiger partial charge in [0.15, 0.2) is 5.54 Å². The van der Waals surface area contributed by atoms with Crippen molar-refractivity contribution in [3.63, 3.8) is 0 Å². The van der Waals surface area contributed by atoms with E-state index in [4.69, 9.17) is 4.74 Å². The highest BCUT2D eigenvalue weighted by atomic mass is 32.2. The molecule has 212 valence electrons. The summed E-state index contributed by atoms with van der Waals surface area (Å²) in [7, 11) is 0.467. The lowest BCUT2D eigenvalue weighted by atomic mass is 9.82. The molecule has 1 atom stereocenters. The number of amides is 2. The van der Waals surface area contributed by atoms with Crippen LogP contribution in [-0.4, -0.2) is 106 Å². The summed E-state index contributed by atoms with van der Waals surface area (Å²) < 4.78 is 32.0. The Morgan fingerprint density at radius 1 is 1.02 bits per heavy atom. The van der Waals surface area contributed by atoms with E-state index < -0.39 is 38.9 Å². The van der Waals surface area contributed by atoms with Crippen LogP contribution in [0.15, 0.2) is 59.0 Å². The molecule has 0 radical (unpaired) electrons. The van der Waals surface area contributed by atoms with Gasteiger partial charge in [0.05, 0.1) is 23.7 Å². The molecule has 1 spiro atoms. The normalized spacial score (nSPS) is 23.1. The summed E-state index contributed by atoms with van der Waals surface area (Å²) in [6, 6.07) is 12.4. The number of likely N-dealkylation sites (tertiary alicyclic amines) is 1. The maximum absolute atomic E-state index is 14.1. The van der Waals surface area contributed by atoms with Crippen LogP contribution in [0.3, 0.4) is 0 Å². The fraction of sp³-hybridized carbons (Fsp3) is 0.393. The van der Waals surface area contributed by atoms with E-state index in [-0.39, 0.29) is 22.6 Å². The third kappa shape index (κ3) is 4.22. The van der Waals surface area contributed by atoms with Gasteiger partial charge in [-0.1, -0.05) is 30.3 Å². The predicted octanol–water partition coefficient (Wildman–Crippen LogP) is 1.21. The zero-order chi connectivity index (χ0) is 28.8. The largest absolute Gasteiger partial charge is 0.507 e. The van der Waals surface area contributed by atoms with E-state index in [1.807, 2.05) is 0 Å². The molecule has 3 aliphatic heterocycles. The number of fused-ring (bicyclic) bond motifs is 2. The highest BCUT2D eigenvalue weighted by molar-refractivity contribution is 7.89. The summed E-state index contributed by atoms with van der Waals surface area (Å²) >= 11 is 0. The fourth-order valence-electron chi connectivity index (χ4n) is 5.71. The lowest BCUT2D eigenvalue weighted by Gasteiger charge is -2.35. The molecule has 12 heteroatoms. The monoisotopic (exact) mass is 568 g/mol. The second kappa shape index (κ2) is 10.4. The van der Waals surface area contributed by atoms with Gasteiger partial charge in [0.1, 0.15) is 5.76 Å². The van der Waals surface area contributed by atoms with E-state index >= 15 is 0 Å². The summed E-state index contributed by atoms with van der Waals surface area (Å²) in [5.74, 6) is -3.04. The maximum Gasteiger partial charge on any atom is 0.296 e. The number of carbonyl (C=O) groups excluding carboxylic acids is 3. The number of sulfonamides is 1. The molecule has 40 heavy (non-hydrogen) atoms. The third-order valence-corrected chi connectivity index (χ3v) is 9.60. The molecular weight excluding hydrogens is 536 g/mol. The Morgan fingerprint density at radius 3 is 2.42 bits per heavy atom. The Labute approximate surface area is 233 Å². The molecule has 3 heterocycles. The number of likely N-dealkylation sites (N-methyl/N-ethyl adjacent to an activating group) is 1. The van der Waals surface area contributed by atoms with Crippen LogP contribution >= 0.6 is 0 Å². The molecule has 2 amide bonds. The average Bonchev–Trinajstić information content (AvgIpc) is 3.31. The van der Waals surface area contributed by atoms with Gasteiger partial charge in [-0.15, -0.1) is 0 Å². The Hall–Kier alpha value is -3.58. The minimum Gasteiger partial charge on any atom is -0.507 e. The van der Waals surface area contributed by atoms with Gasteiger partial charge in [0, 0.05) is 64.1 Å². The summed E-state index contributed by atoms with van der Waals surface area (Å²) in [4.78, 5) is 46.1. The van der Waals surface area contributed by atoms with Gasteiger partial charge in [0.2, 0.25) is 10.0 Å². The highest BCUT2D eigenvalue weighted by Gasteiger charge is 2.66. The lowest BCUT2D eigenvalue weighted by Crippen LogP contribution is -2.52. The number of benzene rings is 2. The molecule has 2 aromatic carbocycles. The van der Waals surface area contributed by atoms with Crippen LogP contribution < -0.4 is 4.90 Å². The van der Waals surface area contributed by atoms with Crippen molar-refractivity contribution in [3.8, 4) is 0 Å². The van der Waals surface area contributed by atoms with Gasteiger partial charge in [-0.05, 0) is 24.6 Å². The number of aliphatic hydroxyl groups is 1. The number of nitrogens with zero attached hydrogens (tertiary/aromatic N) is 4. The van der Waals surface area contributed by atoms with Gasteiger partial charge in [0.25, 0.3) is 17.6 Å². The van der Waals surface area contributed by atoms with Crippen LogP contribution in [0.5, 0.6) is 0 Å². The number of hydrogen-bond acceptors (Lipinski definition) is 8. The Kier molecular flexibility index (Phi) is 7.29. The summed E-state index contributed by atoms with van der Waals surface area (Å²) in [6.45, 7) is 3.47. The molecule has 2 aromatic rings. The SMILES string of the molecule is CN1C(=O)C2(/C(=C(/O)c3cccc(S(=O)(=O)N(C)C)c3)C(=O)C(=O)N2CCCN2CCOCC2)c2ccccc21. The van der Waals surface area contributed by atoms with Crippen LogP contribution in [-0.2, 0) is 34.7 Å². The number of morpholine rings is 1. The van der Waals surface area contributed by atoms with Crippen molar-refractivity contribution >= 4 is 39.1 Å². The van der Waals surface area contributed by atoms with Crippen LogP contribution in [0.4, 0.5) is 5.69 Å². The number of aliphatic hydroxyl groups excluding tert-OH is 1. The molecule has 2 saturated heterocycles. The third-order valence-electron chi connectivity index (χ3n) is 7.79. The van der Waals surface area contributed by atoms with Gasteiger partial charge >= 0.3 is 0 Å². The second-order valence-corrected chi connectivity index (χ2v) is 12.4. The zero-order valence-corrected chi connectivity index (χ0v) is 23.5. The molecule has 1 unspecified atom stereocenters. The first-order chi connectivity index (χ1) is 19.0. The molecule has 3 aliphatic rings. The second-order valence-electron chi connectivity index (χ2n) is 10.2. The minimum atomic E-state index is -3.86. The molecule has 2 fully saturated rings.